The van der Waals surface area contributed by atoms with Gasteiger partial charge in [-0.05, 0) is 35.9 Å². The molecule has 0 aliphatic carbocycles. The zero-order valence-corrected chi connectivity index (χ0v) is 10.8. The van der Waals surface area contributed by atoms with Gasteiger partial charge in [-0.3, -0.25) is 4.79 Å². The molecule has 0 saturated heterocycles. The Bertz CT molecular complexity index is 656. The van der Waals surface area contributed by atoms with Gasteiger partial charge in [0.15, 0.2) is 17.3 Å². The summed E-state index contributed by atoms with van der Waals surface area (Å²) in [5.41, 5.74) is 6.41. The van der Waals surface area contributed by atoms with E-state index in [1.165, 1.54) is 31.4 Å². The molecule has 0 radical (unpaired) electrons. The van der Waals surface area contributed by atoms with Crippen molar-refractivity contribution in [2.24, 2.45) is 0 Å². The Labute approximate surface area is 115 Å². The van der Waals surface area contributed by atoms with Crippen LogP contribution in [-0.4, -0.2) is 12.9 Å². The molecule has 0 spiro atoms. The molecule has 5 heteroatoms. The van der Waals surface area contributed by atoms with Crippen LogP contribution in [-0.2, 0) is 6.42 Å². The summed E-state index contributed by atoms with van der Waals surface area (Å²) in [7, 11) is 1.36. The molecule has 0 saturated carbocycles. The molecule has 3 nitrogen and oxygen atoms in total. The first-order valence-corrected chi connectivity index (χ1v) is 5.92. The molecule has 2 aromatic rings. The molecule has 2 aromatic carbocycles. The van der Waals surface area contributed by atoms with Crippen LogP contribution in [0.4, 0.5) is 14.5 Å². The van der Waals surface area contributed by atoms with Crippen molar-refractivity contribution in [2.75, 3.05) is 12.8 Å². The molecule has 0 bridgehead atoms. The van der Waals surface area contributed by atoms with Gasteiger partial charge in [-0.25, -0.2) is 8.78 Å². The van der Waals surface area contributed by atoms with Crippen molar-refractivity contribution in [3.8, 4) is 5.75 Å². The molecule has 2 rings (SSSR count). The van der Waals surface area contributed by atoms with E-state index in [1.807, 2.05) is 0 Å². The van der Waals surface area contributed by atoms with Crippen molar-refractivity contribution >= 4 is 11.5 Å². The number of ketones is 1. The Kier molecular flexibility index (Phi) is 3.98. The van der Waals surface area contributed by atoms with Crippen LogP contribution in [0, 0.1) is 11.6 Å². The first-order chi connectivity index (χ1) is 9.51. The fraction of sp³-hybridized carbons (Fsp3) is 0.133. The van der Waals surface area contributed by atoms with Crippen LogP contribution < -0.4 is 10.5 Å². The standard InChI is InChI=1S/C15H13F2NO2/c1-20-15-5-2-9(6-12(15)17)7-14(19)11-8-10(16)3-4-13(11)18/h2-6,8H,7,18H2,1H3. The second kappa shape index (κ2) is 5.69. The summed E-state index contributed by atoms with van der Waals surface area (Å²) in [6, 6.07) is 7.82. The van der Waals surface area contributed by atoms with Crippen LogP contribution in [0.1, 0.15) is 15.9 Å². The molecule has 0 unspecified atom stereocenters. The third-order valence-corrected chi connectivity index (χ3v) is 2.90. The number of nitrogen functional groups attached to an aromatic ring is 1. The number of hydrogen-bond donors (Lipinski definition) is 1. The Morgan fingerprint density at radius 1 is 1.20 bits per heavy atom. The zero-order valence-electron chi connectivity index (χ0n) is 10.8. The van der Waals surface area contributed by atoms with Crippen LogP contribution >= 0.6 is 0 Å². The topological polar surface area (TPSA) is 52.3 Å². The summed E-state index contributed by atoms with van der Waals surface area (Å²) < 4.78 is 31.4. The van der Waals surface area contributed by atoms with Gasteiger partial charge in [0, 0.05) is 17.7 Å². The molecule has 0 atom stereocenters. The van der Waals surface area contributed by atoms with Crippen LogP contribution in [0.5, 0.6) is 5.75 Å². The van der Waals surface area contributed by atoms with E-state index in [4.69, 9.17) is 10.5 Å². The number of anilines is 1. The predicted molar refractivity (Wildman–Crippen MR) is 71.8 cm³/mol. The Morgan fingerprint density at radius 3 is 2.60 bits per heavy atom. The van der Waals surface area contributed by atoms with E-state index in [9.17, 15) is 13.6 Å². The second-order valence-electron chi connectivity index (χ2n) is 4.30. The fourth-order valence-corrected chi connectivity index (χ4v) is 1.87. The lowest BCUT2D eigenvalue weighted by atomic mass is 10.0. The minimum absolute atomic E-state index is 0.0609. The number of carbonyl (C=O) groups excluding carboxylic acids is 1. The third kappa shape index (κ3) is 2.93. The molecule has 0 aromatic heterocycles. The smallest absolute Gasteiger partial charge is 0.169 e. The van der Waals surface area contributed by atoms with Crippen molar-refractivity contribution in [2.45, 2.75) is 6.42 Å². The summed E-state index contributed by atoms with van der Waals surface area (Å²) in [6.07, 6.45) is -0.0609. The maximum Gasteiger partial charge on any atom is 0.169 e. The number of carbonyl (C=O) groups is 1. The summed E-state index contributed by atoms with van der Waals surface area (Å²) in [5.74, 6) is -1.36. The average Bonchev–Trinajstić information content (AvgIpc) is 2.41. The van der Waals surface area contributed by atoms with Gasteiger partial charge >= 0.3 is 0 Å². The lowest BCUT2D eigenvalue weighted by Gasteiger charge is -2.07. The van der Waals surface area contributed by atoms with Crippen LogP contribution in [0.25, 0.3) is 0 Å². The zero-order chi connectivity index (χ0) is 14.7. The molecule has 0 heterocycles. The van der Waals surface area contributed by atoms with E-state index in [0.29, 0.717) is 5.56 Å². The predicted octanol–water partition coefficient (Wildman–Crippen LogP) is 2.98. The number of hydrogen-bond acceptors (Lipinski definition) is 3. The summed E-state index contributed by atoms with van der Waals surface area (Å²) in [6.45, 7) is 0. The van der Waals surface area contributed by atoms with E-state index in [-0.39, 0.29) is 29.2 Å². The van der Waals surface area contributed by atoms with Crippen LogP contribution in [0.3, 0.4) is 0 Å². The Morgan fingerprint density at radius 2 is 1.95 bits per heavy atom. The van der Waals surface area contributed by atoms with E-state index >= 15 is 0 Å². The molecular weight excluding hydrogens is 264 g/mol. The number of rotatable bonds is 4. The molecule has 0 aliphatic rings. The first-order valence-electron chi connectivity index (χ1n) is 5.92. The van der Waals surface area contributed by atoms with E-state index in [0.717, 1.165) is 6.07 Å². The van der Waals surface area contributed by atoms with Gasteiger partial charge in [0.2, 0.25) is 0 Å². The molecule has 2 N–H and O–H groups in total. The highest BCUT2D eigenvalue weighted by molar-refractivity contribution is 6.01. The highest BCUT2D eigenvalue weighted by Crippen LogP contribution is 2.20. The number of halogens is 2. The van der Waals surface area contributed by atoms with Crippen molar-refractivity contribution in [1.82, 2.24) is 0 Å². The van der Waals surface area contributed by atoms with E-state index in [1.54, 1.807) is 6.07 Å². The maximum atomic E-state index is 13.5. The summed E-state index contributed by atoms with van der Waals surface area (Å²) >= 11 is 0. The summed E-state index contributed by atoms with van der Waals surface area (Å²) in [5, 5.41) is 0. The number of methoxy groups -OCH3 is 1. The van der Waals surface area contributed by atoms with E-state index in [2.05, 4.69) is 0 Å². The lowest BCUT2D eigenvalue weighted by Crippen LogP contribution is -2.08. The number of nitrogens with two attached hydrogens (primary N) is 1. The highest BCUT2D eigenvalue weighted by atomic mass is 19.1. The van der Waals surface area contributed by atoms with Gasteiger partial charge in [-0.15, -0.1) is 0 Å². The quantitative estimate of drug-likeness (QED) is 0.690. The SMILES string of the molecule is COc1ccc(CC(=O)c2cc(F)ccc2N)cc1F. The minimum Gasteiger partial charge on any atom is -0.494 e. The molecular formula is C15H13F2NO2. The molecule has 104 valence electrons. The molecule has 0 aliphatic heterocycles. The number of Topliss-reactive ketones (excluding diaryl/α,β-unsaturated/α-hetero) is 1. The number of ether oxygens (including phenoxy) is 1. The van der Waals surface area contributed by atoms with Gasteiger partial charge in [-0.2, -0.15) is 0 Å². The van der Waals surface area contributed by atoms with Crippen molar-refractivity contribution in [3.63, 3.8) is 0 Å². The fourth-order valence-electron chi connectivity index (χ4n) is 1.87. The number of benzene rings is 2. The summed E-state index contributed by atoms with van der Waals surface area (Å²) in [4.78, 5) is 12.1. The highest BCUT2D eigenvalue weighted by Gasteiger charge is 2.13. The lowest BCUT2D eigenvalue weighted by molar-refractivity contribution is 0.0993. The van der Waals surface area contributed by atoms with Crippen molar-refractivity contribution < 1.29 is 18.3 Å². The molecule has 20 heavy (non-hydrogen) atoms. The largest absolute Gasteiger partial charge is 0.494 e. The monoisotopic (exact) mass is 277 g/mol. The molecule has 0 fully saturated rings. The van der Waals surface area contributed by atoms with Crippen molar-refractivity contribution in [3.05, 3.63) is 59.2 Å². The average molecular weight is 277 g/mol. The maximum absolute atomic E-state index is 13.5. The van der Waals surface area contributed by atoms with Gasteiger partial charge in [0.1, 0.15) is 5.82 Å². The normalized spacial score (nSPS) is 10.3. The Balaban J connectivity index is 2.23. The van der Waals surface area contributed by atoms with Crippen molar-refractivity contribution in [1.29, 1.82) is 0 Å². The van der Waals surface area contributed by atoms with Gasteiger partial charge in [-0.1, -0.05) is 6.07 Å². The third-order valence-electron chi connectivity index (χ3n) is 2.90. The first kappa shape index (κ1) is 14.0. The molecule has 0 amide bonds. The van der Waals surface area contributed by atoms with Gasteiger partial charge in [0.05, 0.1) is 7.11 Å². The Hall–Kier alpha value is -2.43. The van der Waals surface area contributed by atoms with Gasteiger partial charge < -0.3 is 10.5 Å². The van der Waals surface area contributed by atoms with Gasteiger partial charge in [0.25, 0.3) is 0 Å². The van der Waals surface area contributed by atoms with Crippen LogP contribution in [0.15, 0.2) is 36.4 Å². The second-order valence-corrected chi connectivity index (χ2v) is 4.30. The minimum atomic E-state index is -0.551. The van der Waals surface area contributed by atoms with E-state index < -0.39 is 11.6 Å². The van der Waals surface area contributed by atoms with Crippen LogP contribution in [0.2, 0.25) is 0 Å².